The van der Waals surface area contributed by atoms with Gasteiger partial charge in [-0.2, -0.15) is 0 Å². The maximum Gasteiger partial charge on any atom is 0.230 e. The van der Waals surface area contributed by atoms with Crippen molar-refractivity contribution >= 4 is 28.7 Å². The Hall–Kier alpha value is -2.47. The number of rotatable bonds is 5. The van der Waals surface area contributed by atoms with E-state index < -0.39 is 0 Å². The summed E-state index contributed by atoms with van der Waals surface area (Å²) < 4.78 is 5.21. The summed E-state index contributed by atoms with van der Waals surface area (Å²) in [6, 6.07) is 14.3. The number of imidazole rings is 1. The number of carbonyl (C=O) groups is 1. The predicted molar refractivity (Wildman–Crippen MR) is 99.2 cm³/mol. The molecule has 128 valence electrons. The van der Waals surface area contributed by atoms with Crippen LogP contribution in [-0.2, 0) is 17.6 Å². The Labute approximate surface area is 150 Å². The van der Waals surface area contributed by atoms with Crippen LogP contribution in [0.4, 0.5) is 0 Å². The van der Waals surface area contributed by atoms with Crippen LogP contribution in [-0.4, -0.2) is 34.8 Å². The lowest BCUT2D eigenvalue weighted by molar-refractivity contribution is -0.119. The Kier molecular flexibility index (Phi) is 4.36. The summed E-state index contributed by atoms with van der Waals surface area (Å²) in [5.74, 6) is 1.18. The van der Waals surface area contributed by atoms with Crippen LogP contribution in [0.25, 0.3) is 11.0 Å². The molecule has 3 aromatic rings. The minimum Gasteiger partial charge on any atom is -0.497 e. The van der Waals surface area contributed by atoms with Crippen molar-refractivity contribution in [2.75, 3.05) is 12.9 Å². The van der Waals surface area contributed by atoms with E-state index in [0.717, 1.165) is 34.8 Å². The first-order chi connectivity index (χ1) is 12.2. The third kappa shape index (κ3) is 3.49. The van der Waals surface area contributed by atoms with Crippen molar-refractivity contribution in [1.29, 1.82) is 0 Å². The first-order valence-corrected chi connectivity index (χ1v) is 9.22. The lowest BCUT2D eigenvalue weighted by Crippen LogP contribution is -2.36. The highest BCUT2D eigenvalue weighted by Gasteiger charge is 2.22. The molecule has 2 N–H and O–H groups in total. The predicted octanol–water partition coefficient (Wildman–Crippen LogP) is 2.95. The summed E-state index contributed by atoms with van der Waals surface area (Å²) >= 11 is 1.42. The van der Waals surface area contributed by atoms with E-state index in [2.05, 4.69) is 39.6 Å². The van der Waals surface area contributed by atoms with Gasteiger partial charge in [-0.1, -0.05) is 36.0 Å². The van der Waals surface area contributed by atoms with Crippen LogP contribution >= 0.6 is 11.8 Å². The van der Waals surface area contributed by atoms with Gasteiger partial charge in [-0.25, -0.2) is 4.98 Å². The van der Waals surface area contributed by atoms with Crippen molar-refractivity contribution in [2.24, 2.45) is 0 Å². The van der Waals surface area contributed by atoms with Gasteiger partial charge in [0.1, 0.15) is 5.75 Å². The topological polar surface area (TPSA) is 67.0 Å². The number of carbonyl (C=O) groups excluding carboxylic acids is 1. The molecule has 0 saturated heterocycles. The molecule has 1 amide bonds. The number of hydrogen-bond donors (Lipinski definition) is 2. The van der Waals surface area contributed by atoms with Gasteiger partial charge in [-0.3, -0.25) is 4.79 Å². The van der Waals surface area contributed by atoms with Crippen LogP contribution < -0.4 is 10.1 Å². The fourth-order valence-corrected chi connectivity index (χ4v) is 3.92. The van der Waals surface area contributed by atoms with Crippen molar-refractivity contribution in [3.63, 3.8) is 0 Å². The average Bonchev–Trinajstić information content (AvgIpc) is 3.21. The van der Waals surface area contributed by atoms with Crippen molar-refractivity contribution < 1.29 is 9.53 Å². The number of nitrogens with one attached hydrogen (secondary N) is 2. The number of nitrogens with zero attached hydrogens (tertiary/aromatic N) is 1. The molecule has 0 bridgehead atoms. The van der Waals surface area contributed by atoms with Crippen LogP contribution in [0.3, 0.4) is 0 Å². The van der Waals surface area contributed by atoms with Gasteiger partial charge in [0.15, 0.2) is 5.16 Å². The van der Waals surface area contributed by atoms with E-state index in [1.807, 2.05) is 18.2 Å². The summed E-state index contributed by atoms with van der Waals surface area (Å²) in [7, 11) is 1.64. The summed E-state index contributed by atoms with van der Waals surface area (Å²) in [6.45, 7) is 0. The summed E-state index contributed by atoms with van der Waals surface area (Å²) in [4.78, 5) is 20.0. The van der Waals surface area contributed by atoms with Gasteiger partial charge >= 0.3 is 0 Å². The third-order valence-corrected chi connectivity index (χ3v) is 5.30. The summed E-state index contributed by atoms with van der Waals surface area (Å²) in [5, 5.41) is 3.87. The van der Waals surface area contributed by atoms with Crippen LogP contribution in [0, 0.1) is 0 Å². The number of amides is 1. The van der Waals surface area contributed by atoms with E-state index >= 15 is 0 Å². The molecule has 0 radical (unpaired) electrons. The van der Waals surface area contributed by atoms with E-state index in [1.54, 1.807) is 7.11 Å². The number of benzene rings is 2. The van der Waals surface area contributed by atoms with Crippen LogP contribution in [0.15, 0.2) is 47.6 Å². The molecule has 0 saturated carbocycles. The standard InChI is InChI=1S/C19H19N3O2S/c1-24-15-6-7-16-17(10-15)22-19(21-16)25-11-18(23)20-14-8-12-4-2-3-5-13(12)9-14/h2-7,10,14H,8-9,11H2,1H3,(H,20,23)(H,21,22). The Morgan fingerprint density at radius 3 is 2.76 bits per heavy atom. The molecular formula is C19H19N3O2S. The minimum absolute atomic E-state index is 0.0424. The Balaban J connectivity index is 1.33. The van der Waals surface area contributed by atoms with Crippen LogP contribution in [0.5, 0.6) is 5.75 Å². The maximum atomic E-state index is 12.2. The molecule has 4 rings (SSSR count). The third-order valence-electron chi connectivity index (χ3n) is 4.42. The zero-order valence-corrected chi connectivity index (χ0v) is 14.7. The van der Waals surface area contributed by atoms with Crippen molar-refractivity contribution in [2.45, 2.75) is 24.0 Å². The summed E-state index contributed by atoms with van der Waals surface area (Å²) in [6.07, 6.45) is 1.83. The molecule has 1 aliphatic carbocycles. The number of methoxy groups -OCH3 is 1. The molecule has 6 heteroatoms. The number of aromatic nitrogens is 2. The fourth-order valence-electron chi connectivity index (χ4n) is 3.22. The normalized spacial score (nSPS) is 13.8. The highest BCUT2D eigenvalue weighted by Crippen LogP contribution is 2.24. The Bertz CT molecular complexity index is 897. The second-order valence-corrected chi connectivity index (χ2v) is 7.12. The van der Waals surface area contributed by atoms with E-state index in [9.17, 15) is 4.79 Å². The molecular weight excluding hydrogens is 334 g/mol. The quantitative estimate of drug-likeness (QED) is 0.692. The molecule has 25 heavy (non-hydrogen) atoms. The van der Waals surface area contributed by atoms with Gasteiger partial charge in [0.05, 0.1) is 23.9 Å². The van der Waals surface area contributed by atoms with Gasteiger partial charge in [0.2, 0.25) is 5.91 Å². The van der Waals surface area contributed by atoms with Crippen molar-refractivity contribution in [3.05, 3.63) is 53.6 Å². The number of ether oxygens (including phenoxy) is 1. The lowest BCUT2D eigenvalue weighted by atomic mass is 10.1. The Morgan fingerprint density at radius 2 is 2.04 bits per heavy atom. The largest absolute Gasteiger partial charge is 0.497 e. The second-order valence-electron chi connectivity index (χ2n) is 6.16. The molecule has 0 aliphatic heterocycles. The number of aromatic amines is 1. The average molecular weight is 353 g/mol. The van der Waals surface area contributed by atoms with Crippen LogP contribution in [0.2, 0.25) is 0 Å². The number of H-pyrrole nitrogens is 1. The second kappa shape index (κ2) is 6.80. The van der Waals surface area contributed by atoms with Gasteiger partial charge in [-0.05, 0) is 36.1 Å². The fraction of sp³-hybridized carbons (Fsp3) is 0.263. The molecule has 0 unspecified atom stereocenters. The SMILES string of the molecule is COc1ccc2nc(SCC(=O)NC3Cc4ccccc4C3)[nH]c2c1. The monoisotopic (exact) mass is 353 g/mol. The van der Waals surface area contributed by atoms with E-state index in [1.165, 1.54) is 22.9 Å². The molecule has 2 aromatic carbocycles. The molecule has 5 nitrogen and oxygen atoms in total. The molecule has 1 heterocycles. The summed E-state index contributed by atoms with van der Waals surface area (Å²) in [5.41, 5.74) is 4.46. The smallest absolute Gasteiger partial charge is 0.230 e. The van der Waals surface area contributed by atoms with Gasteiger partial charge in [0.25, 0.3) is 0 Å². The Morgan fingerprint density at radius 1 is 1.28 bits per heavy atom. The number of thioether (sulfide) groups is 1. The van der Waals surface area contributed by atoms with Crippen molar-refractivity contribution in [1.82, 2.24) is 15.3 Å². The molecule has 0 spiro atoms. The molecule has 0 atom stereocenters. The zero-order chi connectivity index (χ0) is 17.2. The minimum atomic E-state index is 0.0424. The first-order valence-electron chi connectivity index (χ1n) is 8.24. The maximum absolute atomic E-state index is 12.2. The van der Waals surface area contributed by atoms with Gasteiger partial charge in [0, 0.05) is 12.1 Å². The van der Waals surface area contributed by atoms with Gasteiger partial charge < -0.3 is 15.0 Å². The zero-order valence-electron chi connectivity index (χ0n) is 13.9. The highest BCUT2D eigenvalue weighted by molar-refractivity contribution is 7.99. The van der Waals surface area contributed by atoms with Crippen LogP contribution in [0.1, 0.15) is 11.1 Å². The van der Waals surface area contributed by atoms with Crippen molar-refractivity contribution in [3.8, 4) is 5.75 Å². The number of hydrogen-bond acceptors (Lipinski definition) is 4. The molecule has 0 fully saturated rings. The molecule has 1 aromatic heterocycles. The first kappa shape index (κ1) is 16.0. The van der Waals surface area contributed by atoms with Gasteiger partial charge in [-0.15, -0.1) is 0 Å². The van der Waals surface area contributed by atoms with E-state index in [0.29, 0.717) is 5.75 Å². The van der Waals surface area contributed by atoms with E-state index in [4.69, 9.17) is 4.74 Å². The lowest BCUT2D eigenvalue weighted by Gasteiger charge is -2.11. The molecule has 1 aliphatic rings. The van der Waals surface area contributed by atoms with E-state index in [-0.39, 0.29) is 11.9 Å². The highest BCUT2D eigenvalue weighted by atomic mass is 32.2. The number of fused-ring (bicyclic) bond motifs is 2.